The Labute approximate surface area is 128 Å². The van der Waals surface area contributed by atoms with E-state index in [0.29, 0.717) is 5.11 Å². The van der Waals surface area contributed by atoms with Crippen LogP contribution in [0.25, 0.3) is 0 Å². The van der Waals surface area contributed by atoms with Crippen molar-refractivity contribution in [2.24, 2.45) is 0 Å². The number of anilines is 2. The average Bonchev–Trinajstić information content (AvgIpc) is 2.41. The third-order valence-corrected chi connectivity index (χ3v) is 3.35. The second-order valence-corrected chi connectivity index (χ2v) is 5.43. The molecule has 3 nitrogen and oxygen atoms in total. The highest BCUT2D eigenvalue weighted by molar-refractivity contribution is 8.03. The third kappa shape index (κ3) is 4.26. The number of nitriles is 1. The Bertz CT molecular complexity index is 645. The molecule has 5 heteroatoms. The van der Waals surface area contributed by atoms with Crippen LogP contribution in [-0.2, 0) is 0 Å². The van der Waals surface area contributed by atoms with Gasteiger partial charge in [0.05, 0.1) is 0 Å². The number of benzene rings is 2. The lowest BCUT2D eigenvalue weighted by atomic mass is 10.2. The van der Waals surface area contributed by atoms with Crippen molar-refractivity contribution in [2.75, 3.05) is 10.6 Å². The monoisotopic (exact) mass is 299 g/mol. The maximum Gasteiger partial charge on any atom is 0.175 e. The van der Waals surface area contributed by atoms with Gasteiger partial charge in [-0.2, -0.15) is 5.26 Å². The number of thiocarbonyl (C=S) groups is 1. The number of rotatable bonds is 3. The van der Waals surface area contributed by atoms with Crippen molar-refractivity contribution < 1.29 is 0 Å². The molecule has 0 fully saturated rings. The Morgan fingerprint density at radius 1 is 1.10 bits per heavy atom. The van der Waals surface area contributed by atoms with Crippen LogP contribution in [0.4, 0.5) is 11.4 Å². The van der Waals surface area contributed by atoms with E-state index in [2.05, 4.69) is 10.6 Å². The first-order valence-corrected chi connectivity index (χ1v) is 7.20. The molecule has 0 spiro atoms. The number of aryl methyl sites for hydroxylation is 1. The lowest BCUT2D eigenvalue weighted by Crippen LogP contribution is -2.18. The van der Waals surface area contributed by atoms with Gasteiger partial charge in [0.15, 0.2) is 5.11 Å². The van der Waals surface area contributed by atoms with Gasteiger partial charge in [-0.05, 0) is 72.9 Å². The summed E-state index contributed by atoms with van der Waals surface area (Å²) in [5.41, 5.74) is 3.02. The quantitative estimate of drug-likeness (QED) is 0.500. The van der Waals surface area contributed by atoms with Crippen molar-refractivity contribution in [2.45, 2.75) is 11.8 Å². The summed E-state index contributed by atoms with van der Waals surface area (Å²) in [6, 6.07) is 15.6. The van der Waals surface area contributed by atoms with E-state index in [9.17, 15) is 0 Å². The zero-order valence-corrected chi connectivity index (χ0v) is 12.5. The van der Waals surface area contributed by atoms with Crippen LogP contribution in [0.2, 0.25) is 0 Å². The average molecular weight is 299 g/mol. The molecule has 0 bridgehead atoms. The highest BCUT2D eigenvalue weighted by Crippen LogP contribution is 2.19. The van der Waals surface area contributed by atoms with Gasteiger partial charge >= 0.3 is 0 Å². The minimum Gasteiger partial charge on any atom is -0.332 e. The molecule has 0 atom stereocenters. The van der Waals surface area contributed by atoms with Gasteiger partial charge in [-0.15, -0.1) is 0 Å². The Balaban J connectivity index is 1.96. The Morgan fingerprint density at radius 3 is 2.45 bits per heavy atom. The minimum atomic E-state index is 0.538. The van der Waals surface area contributed by atoms with Gasteiger partial charge in [0, 0.05) is 16.3 Å². The molecule has 2 N–H and O–H groups in total. The topological polar surface area (TPSA) is 47.8 Å². The maximum absolute atomic E-state index is 8.59. The number of hydrogen-bond acceptors (Lipinski definition) is 3. The molecule has 2 rings (SSSR count). The van der Waals surface area contributed by atoms with Gasteiger partial charge in [0.2, 0.25) is 0 Å². The van der Waals surface area contributed by atoms with Crippen LogP contribution in [0.3, 0.4) is 0 Å². The maximum atomic E-state index is 8.59. The molecule has 0 aliphatic carbocycles. The van der Waals surface area contributed by atoms with E-state index in [1.54, 1.807) is 0 Å². The zero-order valence-electron chi connectivity index (χ0n) is 10.9. The van der Waals surface area contributed by atoms with E-state index in [4.69, 9.17) is 17.5 Å². The largest absolute Gasteiger partial charge is 0.332 e. The second-order valence-electron chi connectivity index (χ2n) is 4.17. The van der Waals surface area contributed by atoms with Gasteiger partial charge in [0.1, 0.15) is 5.40 Å². The molecule has 0 unspecified atom stereocenters. The first-order chi connectivity index (χ1) is 9.67. The van der Waals surface area contributed by atoms with Crippen molar-refractivity contribution in [3.05, 3.63) is 54.1 Å². The van der Waals surface area contributed by atoms with Crippen LogP contribution in [-0.4, -0.2) is 5.11 Å². The van der Waals surface area contributed by atoms with Gasteiger partial charge in [-0.25, -0.2) is 0 Å². The number of hydrogen-bond donors (Lipinski definition) is 2. The van der Waals surface area contributed by atoms with E-state index < -0.39 is 0 Å². The fourth-order valence-corrected chi connectivity index (χ4v) is 2.29. The molecule has 0 aliphatic rings. The van der Waals surface area contributed by atoms with Crippen molar-refractivity contribution in [3.63, 3.8) is 0 Å². The predicted octanol–water partition coefficient (Wildman–Crippen LogP) is 4.38. The molecular formula is C15H13N3S2. The van der Waals surface area contributed by atoms with E-state index in [0.717, 1.165) is 28.0 Å². The van der Waals surface area contributed by atoms with E-state index in [1.807, 2.05) is 60.9 Å². The summed E-state index contributed by atoms with van der Waals surface area (Å²) in [6.07, 6.45) is 0. The smallest absolute Gasteiger partial charge is 0.175 e. The first-order valence-electron chi connectivity index (χ1n) is 5.98. The molecule has 0 aliphatic heterocycles. The van der Waals surface area contributed by atoms with Gasteiger partial charge in [-0.1, -0.05) is 12.1 Å². The van der Waals surface area contributed by atoms with Crippen LogP contribution in [0.15, 0.2) is 53.4 Å². The van der Waals surface area contributed by atoms with E-state index in [1.165, 1.54) is 5.56 Å². The summed E-state index contributed by atoms with van der Waals surface area (Å²) < 4.78 is 0. The minimum absolute atomic E-state index is 0.538. The Hall–Kier alpha value is -2.03. The van der Waals surface area contributed by atoms with E-state index in [-0.39, 0.29) is 0 Å². The summed E-state index contributed by atoms with van der Waals surface area (Å²) in [7, 11) is 0. The fraction of sp³-hybridized carbons (Fsp3) is 0.0667. The summed E-state index contributed by atoms with van der Waals surface area (Å²) in [6.45, 7) is 2.03. The van der Waals surface area contributed by atoms with Crippen LogP contribution in [0.1, 0.15) is 5.56 Å². The van der Waals surface area contributed by atoms with Crippen molar-refractivity contribution in [3.8, 4) is 5.40 Å². The van der Waals surface area contributed by atoms with Crippen molar-refractivity contribution >= 4 is 40.5 Å². The highest BCUT2D eigenvalue weighted by Gasteiger charge is 2.00. The number of nitrogens with one attached hydrogen (secondary N) is 2. The standard InChI is InChI=1S/C15H13N3S2/c1-11-3-2-4-13(9-11)18-15(19)17-12-5-7-14(8-6-12)20-10-16/h2-9H,1H3,(H2,17,18,19). The number of thiocyanates is 1. The molecule has 20 heavy (non-hydrogen) atoms. The molecule has 0 saturated heterocycles. The highest BCUT2D eigenvalue weighted by atomic mass is 32.2. The van der Waals surface area contributed by atoms with Crippen LogP contribution < -0.4 is 10.6 Å². The molecule has 0 amide bonds. The van der Waals surface area contributed by atoms with Crippen molar-refractivity contribution in [1.29, 1.82) is 5.26 Å². The van der Waals surface area contributed by atoms with Gasteiger partial charge in [-0.3, -0.25) is 0 Å². The molecular weight excluding hydrogens is 286 g/mol. The molecule has 0 radical (unpaired) electrons. The normalized spacial score (nSPS) is 9.60. The Kier molecular flexibility index (Phi) is 4.99. The third-order valence-electron chi connectivity index (χ3n) is 2.55. The summed E-state index contributed by atoms with van der Waals surface area (Å²) >= 11 is 6.40. The predicted molar refractivity (Wildman–Crippen MR) is 88.9 cm³/mol. The number of nitrogens with zero attached hydrogens (tertiary/aromatic N) is 1. The van der Waals surface area contributed by atoms with Crippen LogP contribution >= 0.6 is 24.0 Å². The SMILES string of the molecule is Cc1cccc(NC(=S)Nc2ccc(SC#N)cc2)c1. The summed E-state index contributed by atoms with van der Waals surface area (Å²) in [4.78, 5) is 0.913. The number of thioether (sulfide) groups is 1. The molecule has 2 aromatic carbocycles. The fourth-order valence-electron chi connectivity index (χ4n) is 1.68. The summed E-state index contributed by atoms with van der Waals surface area (Å²) in [5.74, 6) is 0. The Morgan fingerprint density at radius 2 is 1.80 bits per heavy atom. The molecule has 2 aromatic rings. The van der Waals surface area contributed by atoms with Crippen molar-refractivity contribution in [1.82, 2.24) is 0 Å². The lowest BCUT2D eigenvalue weighted by molar-refractivity contribution is 1.45. The summed E-state index contributed by atoms with van der Waals surface area (Å²) in [5, 5.41) is 17.4. The van der Waals surface area contributed by atoms with Gasteiger partial charge < -0.3 is 10.6 Å². The zero-order chi connectivity index (χ0) is 14.4. The first kappa shape index (κ1) is 14.4. The van der Waals surface area contributed by atoms with E-state index >= 15 is 0 Å². The molecule has 100 valence electrons. The van der Waals surface area contributed by atoms with Crippen LogP contribution in [0, 0.1) is 17.6 Å². The van der Waals surface area contributed by atoms with Crippen LogP contribution in [0.5, 0.6) is 0 Å². The second kappa shape index (κ2) is 6.94. The lowest BCUT2D eigenvalue weighted by Gasteiger charge is -2.11. The van der Waals surface area contributed by atoms with Gasteiger partial charge in [0.25, 0.3) is 0 Å². The molecule has 0 aromatic heterocycles. The molecule has 0 heterocycles. The molecule has 0 saturated carbocycles.